The summed E-state index contributed by atoms with van der Waals surface area (Å²) >= 11 is 0. The fourth-order valence-electron chi connectivity index (χ4n) is 7.84. The van der Waals surface area contributed by atoms with Crippen LogP contribution in [-0.2, 0) is 39.7 Å². The number of rotatable bonds is 12. The number of hydrogen-bond acceptors (Lipinski definition) is 6. The van der Waals surface area contributed by atoms with Crippen LogP contribution >= 0.6 is 0 Å². The Bertz CT molecular complexity index is 2050. The van der Waals surface area contributed by atoms with Gasteiger partial charge in [0.05, 0.1) is 25.0 Å². The normalized spacial score (nSPS) is 23.7. The largest absolute Gasteiger partial charge is 0.459 e. The van der Waals surface area contributed by atoms with E-state index in [4.69, 9.17) is 27.2 Å². The van der Waals surface area contributed by atoms with Crippen molar-refractivity contribution in [3.63, 3.8) is 0 Å². The second-order valence-corrected chi connectivity index (χ2v) is 14.8. The molecule has 0 bridgehead atoms. The van der Waals surface area contributed by atoms with Crippen LogP contribution in [0.1, 0.15) is 69.2 Å². The number of hydrogen-bond donors (Lipinski definition) is 0. The minimum Gasteiger partial charge on any atom is -0.459 e. The third kappa shape index (κ3) is 8.13. The molecule has 0 unspecified atom stereocenters. The molecule has 0 aromatic heterocycles. The molecule has 8 rings (SSSR count). The molecule has 58 heavy (non-hydrogen) atoms. The first-order valence-corrected chi connectivity index (χ1v) is 19.7. The molecule has 0 amide bonds. The Hall–Kier alpha value is -5.82. The maximum absolute atomic E-state index is 12.3. The number of cyclic esters (lactones) is 2. The maximum atomic E-state index is 12.3. The molecule has 6 aromatic rings. The average molecular weight is 779 g/mol. The summed E-state index contributed by atoms with van der Waals surface area (Å²) in [5, 5.41) is 0. The summed E-state index contributed by atoms with van der Waals surface area (Å²) in [7, 11) is 0. The van der Waals surface area contributed by atoms with Gasteiger partial charge in [-0.1, -0.05) is 210 Å². The second-order valence-electron chi connectivity index (χ2n) is 14.8. The smallest absolute Gasteiger partial charge is 0.309 e. The van der Waals surface area contributed by atoms with E-state index in [0.29, 0.717) is 0 Å². The molecule has 296 valence electrons. The van der Waals surface area contributed by atoms with E-state index in [-0.39, 0.29) is 13.2 Å². The number of carbonyl (C=O) groups excluding carboxylic acids is 2. The van der Waals surface area contributed by atoms with Crippen molar-refractivity contribution >= 4 is 11.9 Å². The van der Waals surface area contributed by atoms with Gasteiger partial charge in [-0.25, -0.2) is 0 Å². The van der Waals surface area contributed by atoms with E-state index in [1.807, 2.05) is 182 Å². The molecule has 2 aliphatic rings. The van der Waals surface area contributed by atoms with Gasteiger partial charge in [0.15, 0.2) is 0 Å². The molecule has 0 aliphatic carbocycles. The average Bonchev–Trinajstić information content (AvgIpc) is 3.77. The molecule has 2 heterocycles. The summed E-state index contributed by atoms with van der Waals surface area (Å²) < 4.78 is 70.7. The summed E-state index contributed by atoms with van der Waals surface area (Å²) in [4.78, 5) is 24.7. The number of benzene rings is 6. The first-order valence-electron chi connectivity index (χ1n) is 22.7. The third-order valence-electron chi connectivity index (χ3n) is 11.3. The van der Waals surface area contributed by atoms with Crippen molar-refractivity contribution in [1.29, 1.82) is 0 Å². The summed E-state index contributed by atoms with van der Waals surface area (Å²) in [5.74, 6) is -4.64. The zero-order chi connectivity index (χ0) is 45.5. The lowest BCUT2D eigenvalue weighted by Gasteiger charge is -2.37. The van der Waals surface area contributed by atoms with E-state index in [0.717, 1.165) is 33.4 Å². The standard InChI is InChI=1S/2C26H26O3/c2*1-19-20(2)25(27)29-24(19)18-28-26(21-12-6-3-7-13-21,22-14-8-4-9-15-22)23-16-10-5-11-17-23/h2*3-17,19-20,24H,18H2,1-2H3/t19-,20+,24+;19-,20-,24+/m00/s1/i2*2D3. The van der Waals surface area contributed by atoms with Crippen LogP contribution < -0.4 is 0 Å². The van der Waals surface area contributed by atoms with Gasteiger partial charge in [-0.15, -0.1) is 0 Å². The molecule has 0 spiro atoms. The van der Waals surface area contributed by atoms with Gasteiger partial charge in [0, 0.05) is 20.1 Å². The van der Waals surface area contributed by atoms with Gasteiger partial charge in [-0.3, -0.25) is 9.59 Å². The maximum Gasteiger partial charge on any atom is 0.309 e. The first kappa shape index (κ1) is 33.2. The van der Waals surface area contributed by atoms with Gasteiger partial charge in [-0.2, -0.15) is 0 Å². The highest BCUT2D eigenvalue weighted by Crippen LogP contribution is 2.43. The summed E-state index contributed by atoms with van der Waals surface area (Å²) in [6.45, 7) is -1.19. The van der Waals surface area contributed by atoms with Gasteiger partial charge in [-0.05, 0) is 33.4 Å². The predicted octanol–water partition coefficient (Wildman–Crippen LogP) is 10.4. The fraction of sp³-hybridized carbons (Fsp3) is 0.269. The second kappa shape index (κ2) is 18.2. The van der Waals surface area contributed by atoms with Crippen molar-refractivity contribution in [3.05, 3.63) is 215 Å². The third-order valence-corrected chi connectivity index (χ3v) is 11.3. The lowest BCUT2D eigenvalue weighted by Crippen LogP contribution is -2.36. The van der Waals surface area contributed by atoms with Crippen molar-refractivity contribution < 1.29 is 36.8 Å². The predicted molar refractivity (Wildman–Crippen MR) is 227 cm³/mol. The van der Waals surface area contributed by atoms with E-state index >= 15 is 0 Å². The minimum absolute atomic E-state index is 0.0676. The van der Waals surface area contributed by atoms with Crippen LogP contribution in [0.4, 0.5) is 0 Å². The molecule has 2 saturated heterocycles. The molecule has 6 aromatic carbocycles. The summed E-state index contributed by atoms with van der Waals surface area (Å²) in [5.41, 5.74) is 3.69. The quantitative estimate of drug-likeness (QED) is 0.0910. The van der Waals surface area contributed by atoms with Gasteiger partial charge in [0.25, 0.3) is 0 Å². The first-order chi connectivity index (χ1) is 30.7. The van der Waals surface area contributed by atoms with Gasteiger partial charge in [0.1, 0.15) is 23.4 Å². The van der Waals surface area contributed by atoms with Crippen molar-refractivity contribution in [2.24, 2.45) is 23.7 Å². The lowest BCUT2D eigenvalue weighted by molar-refractivity contribution is -0.148. The minimum atomic E-state index is -2.40. The molecule has 2 fully saturated rings. The molecule has 0 saturated carbocycles. The van der Waals surface area contributed by atoms with Crippen molar-refractivity contribution in [2.75, 3.05) is 13.2 Å². The van der Waals surface area contributed by atoms with Crippen LogP contribution in [0.25, 0.3) is 0 Å². The van der Waals surface area contributed by atoms with E-state index < -0.39 is 72.7 Å². The van der Waals surface area contributed by atoms with Gasteiger partial charge >= 0.3 is 11.9 Å². The molecule has 0 N–H and O–H groups in total. The highest BCUT2D eigenvalue weighted by atomic mass is 16.6. The monoisotopic (exact) mass is 778 g/mol. The highest BCUT2D eigenvalue weighted by molar-refractivity contribution is 5.75. The van der Waals surface area contributed by atoms with Crippen LogP contribution in [0.2, 0.25) is 0 Å². The van der Waals surface area contributed by atoms with Gasteiger partial charge in [0.2, 0.25) is 0 Å². The topological polar surface area (TPSA) is 71.1 Å². The summed E-state index contributed by atoms with van der Waals surface area (Å²) in [6.07, 6.45) is -1.30. The fourth-order valence-corrected chi connectivity index (χ4v) is 7.84. The van der Waals surface area contributed by atoms with Crippen molar-refractivity contribution in [1.82, 2.24) is 0 Å². The molecular weight excluding hydrogens is 721 g/mol. The zero-order valence-corrected chi connectivity index (χ0v) is 32.6. The molecule has 2 aliphatic heterocycles. The van der Waals surface area contributed by atoms with E-state index in [1.54, 1.807) is 13.8 Å². The van der Waals surface area contributed by atoms with E-state index in [9.17, 15) is 9.59 Å². The summed E-state index contributed by atoms with van der Waals surface area (Å²) in [6, 6.07) is 59.3. The van der Waals surface area contributed by atoms with Crippen molar-refractivity contribution in [2.45, 2.75) is 51.0 Å². The molecule has 6 heteroatoms. The number of carbonyl (C=O) groups is 2. The highest BCUT2D eigenvalue weighted by Gasteiger charge is 2.45. The Kier molecular flexibility index (Phi) is 10.4. The molecule has 6 nitrogen and oxygen atoms in total. The van der Waals surface area contributed by atoms with Crippen molar-refractivity contribution in [3.8, 4) is 0 Å². The van der Waals surface area contributed by atoms with Crippen LogP contribution in [0.5, 0.6) is 0 Å². The Balaban J connectivity index is 0.000000191. The van der Waals surface area contributed by atoms with Gasteiger partial charge < -0.3 is 18.9 Å². The van der Waals surface area contributed by atoms with Crippen LogP contribution in [0.3, 0.4) is 0 Å². The number of ether oxygens (including phenoxy) is 4. The van der Waals surface area contributed by atoms with Crippen LogP contribution in [0, 0.1) is 23.7 Å². The Morgan fingerprint density at radius 3 is 0.845 bits per heavy atom. The van der Waals surface area contributed by atoms with Crippen LogP contribution in [-0.4, -0.2) is 37.4 Å². The van der Waals surface area contributed by atoms with Crippen LogP contribution in [0.15, 0.2) is 182 Å². The molecule has 6 atom stereocenters. The zero-order valence-electron chi connectivity index (χ0n) is 38.6. The number of esters is 2. The van der Waals surface area contributed by atoms with E-state index in [1.165, 1.54) is 0 Å². The Morgan fingerprint density at radius 2 is 0.655 bits per heavy atom. The molecular formula is C52H52O6. The lowest BCUT2D eigenvalue weighted by atomic mass is 9.80. The van der Waals surface area contributed by atoms with E-state index in [2.05, 4.69) is 0 Å². The SMILES string of the molecule is [2H]C([2H])([2H])[C@@H]1C(=O)O[C@H](COC(c2ccccc2)(c2ccccc2)c2ccccc2)[C@H]1C.[2H]C([2H])([2H])[C@H]1C(=O)O[C@H](COC(c2ccccc2)(c2ccccc2)c2ccccc2)[C@H]1C. The Morgan fingerprint density at radius 1 is 0.431 bits per heavy atom. The Labute approximate surface area is 351 Å². The molecule has 0 radical (unpaired) electrons.